The highest BCUT2D eigenvalue weighted by atomic mass is 16.2. The van der Waals surface area contributed by atoms with Crippen LogP contribution in [0.1, 0.15) is 41.9 Å². The Morgan fingerprint density at radius 3 is 2.73 bits per heavy atom. The predicted octanol–water partition coefficient (Wildman–Crippen LogP) is 2.36. The molecule has 2 aromatic heterocycles. The normalized spacial score (nSPS) is 22.5. The Labute approximate surface area is 154 Å². The number of nitrogens with zero attached hydrogens (tertiary/aromatic N) is 4. The molecule has 1 N–H and O–H groups in total. The maximum atomic E-state index is 12.9. The van der Waals surface area contributed by atoms with E-state index in [0.29, 0.717) is 17.7 Å². The van der Waals surface area contributed by atoms with Gasteiger partial charge in [0.25, 0.3) is 5.91 Å². The van der Waals surface area contributed by atoms with Crippen LogP contribution in [0.5, 0.6) is 0 Å². The number of hydrogen-bond donors (Lipinski definition) is 1. The summed E-state index contributed by atoms with van der Waals surface area (Å²) < 4.78 is 0. The lowest BCUT2D eigenvalue weighted by Gasteiger charge is -2.29. The van der Waals surface area contributed by atoms with Crippen molar-refractivity contribution < 1.29 is 4.79 Å². The number of carbonyl (C=O) groups is 1. The minimum atomic E-state index is 0.0572. The number of carbonyl (C=O) groups excluding carboxylic acids is 1. The van der Waals surface area contributed by atoms with E-state index >= 15 is 0 Å². The molecule has 2 fully saturated rings. The number of nitrogens with one attached hydrogen (secondary N) is 1. The first-order valence-corrected chi connectivity index (χ1v) is 9.72. The van der Waals surface area contributed by atoms with E-state index in [4.69, 9.17) is 0 Å². The molecule has 0 aromatic carbocycles. The van der Waals surface area contributed by atoms with Crippen LogP contribution < -0.4 is 0 Å². The van der Waals surface area contributed by atoms with E-state index in [1.807, 2.05) is 23.2 Å². The topological polar surface area (TPSA) is 65.1 Å². The summed E-state index contributed by atoms with van der Waals surface area (Å²) in [6, 6.07) is 8.53. The lowest BCUT2D eigenvalue weighted by Crippen LogP contribution is -2.38. The van der Waals surface area contributed by atoms with Crippen molar-refractivity contribution in [2.75, 3.05) is 26.2 Å². The van der Waals surface area contributed by atoms with Crippen molar-refractivity contribution in [2.24, 2.45) is 5.92 Å². The van der Waals surface area contributed by atoms with Gasteiger partial charge < -0.3 is 4.90 Å². The molecule has 1 aliphatic heterocycles. The van der Waals surface area contributed by atoms with Gasteiger partial charge in [0.2, 0.25) is 0 Å². The van der Waals surface area contributed by atoms with Gasteiger partial charge in [-0.05, 0) is 43.4 Å². The van der Waals surface area contributed by atoms with E-state index in [9.17, 15) is 4.79 Å². The molecule has 6 nitrogen and oxygen atoms in total. The lowest BCUT2D eigenvalue weighted by atomic mass is 10.0. The summed E-state index contributed by atoms with van der Waals surface area (Å²) in [5.74, 6) is 0.460. The molecule has 2 aliphatic rings. The van der Waals surface area contributed by atoms with Crippen molar-refractivity contribution in [1.82, 2.24) is 25.0 Å². The molecule has 0 spiro atoms. The van der Waals surface area contributed by atoms with E-state index < -0.39 is 0 Å². The number of aromatic nitrogens is 3. The molecule has 1 saturated heterocycles. The molecule has 26 heavy (non-hydrogen) atoms. The van der Waals surface area contributed by atoms with Crippen molar-refractivity contribution in [3.05, 3.63) is 48.0 Å². The first kappa shape index (κ1) is 17.2. The van der Waals surface area contributed by atoms with Gasteiger partial charge >= 0.3 is 0 Å². The van der Waals surface area contributed by atoms with E-state index in [-0.39, 0.29) is 5.91 Å². The fraction of sp³-hybridized carbons (Fsp3) is 0.550. The molecule has 1 saturated carbocycles. The summed E-state index contributed by atoms with van der Waals surface area (Å²) in [6.45, 7) is 3.57. The molecule has 2 aromatic rings. The van der Waals surface area contributed by atoms with Crippen LogP contribution in [0.4, 0.5) is 0 Å². The van der Waals surface area contributed by atoms with E-state index in [1.165, 1.54) is 25.7 Å². The van der Waals surface area contributed by atoms with E-state index in [1.54, 1.807) is 12.3 Å². The van der Waals surface area contributed by atoms with Crippen LogP contribution in [-0.2, 0) is 6.42 Å². The molecule has 0 bridgehead atoms. The third kappa shape index (κ3) is 3.96. The van der Waals surface area contributed by atoms with Crippen molar-refractivity contribution in [3.8, 4) is 0 Å². The largest absolute Gasteiger partial charge is 0.336 e. The minimum absolute atomic E-state index is 0.0572. The van der Waals surface area contributed by atoms with Gasteiger partial charge in [0.1, 0.15) is 5.69 Å². The smallest absolute Gasteiger partial charge is 0.271 e. The van der Waals surface area contributed by atoms with Crippen molar-refractivity contribution >= 4 is 5.91 Å². The van der Waals surface area contributed by atoms with Gasteiger partial charge in [0.05, 0.1) is 0 Å². The average molecular weight is 353 g/mol. The molecule has 0 unspecified atom stereocenters. The number of amides is 1. The Morgan fingerprint density at radius 2 is 2.00 bits per heavy atom. The van der Waals surface area contributed by atoms with Gasteiger partial charge in [-0.2, -0.15) is 5.10 Å². The standard InChI is InChI=1S/C20H27N5O/c26-20(19-8-10-22-23-19)25-12-11-24(18-6-1-2-7-18)14-16(15-25)13-17-5-3-4-9-21-17/h3-5,8-10,16,18H,1-2,6-7,11-15H2,(H,22,23)/t16-/m1/s1. The van der Waals surface area contributed by atoms with E-state index in [2.05, 4.69) is 26.1 Å². The lowest BCUT2D eigenvalue weighted by molar-refractivity contribution is 0.0738. The first-order valence-electron chi connectivity index (χ1n) is 9.72. The monoisotopic (exact) mass is 353 g/mol. The Balaban J connectivity index is 1.51. The molecule has 3 heterocycles. The number of pyridine rings is 1. The SMILES string of the molecule is O=C(c1ccn[nH]1)N1CCN(C2CCCC2)C[C@@H](Cc2ccccn2)C1. The van der Waals surface area contributed by atoms with Crippen LogP contribution in [0, 0.1) is 5.92 Å². The van der Waals surface area contributed by atoms with E-state index in [0.717, 1.165) is 38.3 Å². The Kier molecular flexibility index (Phi) is 5.29. The molecule has 4 rings (SSSR count). The molecular weight excluding hydrogens is 326 g/mol. The van der Waals surface area contributed by atoms with Gasteiger partial charge in [-0.15, -0.1) is 0 Å². The van der Waals surface area contributed by atoms with Crippen molar-refractivity contribution in [2.45, 2.75) is 38.1 Å². The molecule has 1 atom stereocenters. The average Bonchev–Trinajstić information content (AvgIpc) is 3.35. The zero-order valence-corrected chi connectivity index (χ0v) is 15.2. The second kappa shape index (κ2) is 7.99. The van der Waals surface area contributed by atoms with Gasteiger partial charge in [-0.25, -0.2) is 0 Å². The van der Waals surface area contributed by atoms with Gasteiger partial charge in [0.15, 0.2) is 0 Å². The molecule has 1 aliphatic carbocycles. The highest BCUT2D eigenvalue weighted by Crippen LogP contribution is 2.26. The number of H-pyrrole nitrogens is 1. The molecule has 6 heteroatoms. The maximum Gasteiger partial charge on any atom is 0.271 e. The fourth-order valence-electron chi connectivity index (χ4n) is 4.41. The third-order valence-electron chi connectivity index (χ3n) is 5.71. The van der Waals surface area contributed by atoms with Crippen molar-refractivity contribution in [3.63, 3.8) is 0 Å². The number of aromatic amines is 1. The Bertz CT molecular complexity index is 696. The summed E-state index contributed by atoms with van der Waals surface area (Å²) in [7, 11) is 0. The quantitative estimate of drug-likeness (QED) is 0.916. The van der Waals surface area contributed by atoms with Crippen LogP contribution in [0.15, 0.2) is 36.7 Å². The number of hydrogen-bond acceptors (Lipinski definition) is 4. The van der Waals surface area contributed by atoms with Crippen LogP contribution in [0.25, 0.3) is 0 Å². The zero-order chi connectivity index (χ0) is 17.8. The zero-order valence-electron chi connectivity index (χ0n) is 15.2. The molecule has 1 amide bonds. The van der Waals surface area contributed by atoms with Crippen LogP contribution in [0.3, 0.4) is 0 Å². The summed E-state index contributed by atoms with van der Waals surface area (Å²) >= 11 is 0. The Hall–Kier alpha value is -2.21. The third-order valence-corrected chi connectivity index (χ3v) is 5.71. The van der Waals surface area contributed by atoms with Crippen LogP contribution >= 0.6 is 0 Å². The van der Waals surface area contributed by atoms with Crippen molar-refractivity contribution in [1.29, 1.82) is 0 Å². The number of rotatable bonds is 4. The highest BCUT2D eigenvalue weighted by molar-refractivity contribution is 5.92. The van der Waals surface area contributed by atoms with Crippen LogP contribution in [-0.4, -0.2) is 63.1 Å². The minimum Gasteiger partial charge on any atom is -0.336 e. The Morgan fingerprint density at radius 1 is 1.12 bits per heavy atom. The predicted molar refractivity (Wildman–Crippen MR) is 99.8 cm³/mol. The fourth-order valence-corrected chi connectivity index (χ4v) is 4.41. The highest BCUT2D eigenvalue weighted by Gasteiger charge is 2.31. The van der Waals surface area contributed by atoms with Crippen LogP contribution in [0.2, 0.25) is 0 Å². The molecule has 0 radical (unpaired) electrons. The summed E-state index contributed by atoms with van der Waals surface area (Å²) in [4.78, 5) is 22.0. The maximum absolute atomic E-state index is 12.9. The molecular formula is C20H27N5O. The van der Waals surface area contributed by atoms with Gasteiger partial charge in [0, 0.05) is 50.3 Å². The first-order chi connectivity index (χ1) is 12.8. The summed E-state index contributed by atoms with van der Waals surface area (Å²) in [6.07, 6.45) is 9.67. The second-order valence-corrected chi connectivity index (χ2v) is 7.55. The second-order valence-electron chi connectivity index (χ2n) is 7.55. The van der Waals surface area contributed by atoms with Gasteiger partial charge in [-0.3, -0.25) is 19.8 Å². The summed E-state index contributed by atoms with van der Waals surface area (Å²) in [5.41, 5.74) is 1.69. The molecule has 138 valence electrons. The summed E-state index contributed by atoms with van der Waals surface area (Å²) in [5, 5.41) is 6.75. The van der Waals surface area contributed by atoms with Gasteiger partial charge in [-0.1, -0.05) is 18.9 Å².